The average Bonchev–Trinajstić information content (AvgIpc) is 1.69. The van der Waals surface area contributed by atoms with Crippen molar-refractivity contribution in [3.8, 4) is 0 Å². The van der Waals surface area contributed by atoms with Gasteiger partial charge in [-0.3, -0.25) is 4.79 Å². The fourth-order valence-corrected chi connectivity index (χ4v) is 0. The summed E-state index contributed by atoms with van der Waals surface area (Å²) >= 11 is -1.92. The van der Waals surface area contributed by atoms with Gasteiger partial charge in [0.2, 0.25) is 0 Å². The molecule has 8 heavy (non-hydrogen) atoms. The Morgan fingerprint density at radius 1 is 1.62 bits per heavy atom. The Balaban J connectivity index is 0. The van der Waals surface area contributed by atoms with Crippen LogP contribution in [-0.2, 0) is 30.1 Å². The zero-order valence-electron chi connectivity index (χ0n) is 3.90. The number of carbonyl (C=O) groups is 1. The Morgan fingerprint density at radius 2 is 1.75 bits per heavy atom. The summed E-state index contributed by atoms with van der Waals surface area (Å²) in [5.74, 6) is -0.856. The van der Waals surface area contributed by atoms with E-state index in [0.29, 0.717) is 0 Å². The molecule has 0 aliphatic carbocycles. The third kappa shape index (κ3) is 42.2. The topological polar surface area (TPSA) is 71.4 Å². The summed E-state index contributed by atoms with van der Waals surface area (Å²) < 4.78 is 17.0. The van der Waals surface area contributed by atoms with Crippen LogP contribution in [0.4, 0.5) is 0 Å². The maximum absolute atomic E-state index is 9.31. The van der Waals surface area contributed by atoms with Crippen molar-refractivity contribution in [2.24, 2.45) is 0 Å². The van der Waals surface area contributed by atoms with Gasteiger partial charge in [-0.2, -0.15) is 0 Å². The van der Waals surface area contributed by atoms with Gasteiger partial charge in [0.05, 0.1) is 0 Å². The average molecular weight is 300 g/mol. The predicted molar refractivity (Wildman–Crippen MR) is 19.0 cm³/mol. The molecule has 0 rings (SSSR count). The molecule has 5 heteroatoms. The first-order valence-electron chi connectivity index (χ1n) is 1.54. The van der Waals surface area contributed by atoms with E-state index in [1.165, 1.54) is 0 Å². The fraction of sp³-hybridized carbons (Fsp3) is 0.333. The minimum atomic E-state index is -1.92. The van der Waals surface area contributed by atoms with Crippen LogP contribution in [0.25, 0.3) is 0 Å². The Bertz CT molecular complexity index is 93.5. The number of hydrogen-bond donors (Lipinski definition) is 1. The van der Waals surface area contributed by atoms with Crippen molar-refractivity contribution < 1.29 is 35.2 Å². The van der Waals surface area contributed by atoms with Crippen LogP contribution in [0.3, 0.4) is 0 Å². The minimum absolute atomic E-state index is 0.0278. The second-order valence-electron chi connectivity index (χ2n) is 0.696. The molecule has 0 bridgehead atoms. The molecule has 1 N–H and O–H groups in total. The van der Waals surface area contributed by atoms with E-state index in [1.807, 2.05) is 0 Å². The van der Waals surface area contributed by atoms with Gasteiger partial charge in [-0.15, -0.1) is 0 Å². The van der Waals surface area contributed by atoms with E-state index in [9.17, 15) is 4.79 Å². The summed E-state index contributed by atoms with van der Waals surface area (Å²) in [6.07, 6.45) is -0.0278. The third-order valence-corrected chi connectivity index (χ3v) is 0.214. The van der Waals surface area contributed by atoms with E-state index >= 15 is 0 Å². The van der Waals surface area contributed by atoms with Gasteiger partial charge >= 0.3 is 25.3 Å². The molecule has 0 heterocycles. The van der Waals surface area contributed by atoms with Crippen LogP contribution in [0.15, 0.2) is 0 Å². The van der Waals surface area contributed by atoms with Crippen molar-refractivity contribution in [3.05, 3.63) is 6.92 Å². The van der Waals surface area contributed by atoms with E-state index in [0.717, 1.165) is 0 Å². The quantitative estimate of drug-likeness (QED) is 0.695. The SMILES string of the molecule is [CH2-]CC(=O)O.[O]=[Pt]=[O]. The molecule has 0 atom stereocenters. The van der Waals surface area contributed by atoms with Gasteiger partial charge in [0.25, 0.3) is 5.97 Å². The summed E-state index contributed by atoms with van der Waals surface area (Å²) in [7, 11) is 0. The normalized spacial score (nSPS) is 7.12. The van der Waals surface area contributed by atoms with Gasteiger partial charge in [-0.1, -0.05) is 6.42 Å². The third-order valence-electron chi connectivity index (χ3n) is 0.214. The molecular formula is C3H5O4Pt-. The number of aliphatic carboxylic acids is 1. The standard InChI is InChI=1S/C3H5O2.2O.Pt/c1-2-3(4)5;;;/h1-2H2,(H,4,5);;;/q-1;;;. The Kier molecular flexibility index (Phi) is 13.2. The van der Waals surface area contributed by atoms with Gasteiger partial charge in [0, 0.05) is 0 Å². The molecule has 0 amide bonds. The van der Waals surface area contributed by atoms with Gasteiger partial charge in [-0.25, -0.2) is 0 Å². The number of hydrogen-bond acceptors (Lipinski definition) is 3. The Morgan fingerprint density at radius 3 is 1.75 bits per heavy atom. The Labute approximate surface area is 55.0 Å². The van der Waals surface area contributed by atoms with Crippen molar-refractivity contribution in [2.75, 3.05) is 0 Å². The molecule has 0 saturated heterocycles. The maximum atomic E-state index is 9.31. The van der Waals surface area contributed by atoms with E-state index < -0.39 is 24.5 Å². The number of carboxylic acids is 1. The summed E-state index contributed by atoms with van der Waals surface area (Å²) in [5, 5.41) is 7.66. The molecule has 0 unspecified atom stereocenters. The van der Waals surface area contributed by atoms with Crippen LogP contribution >= 0.6 is 0 Å². The molecule has 0 radical (unpaired) electrons. The first-order chi connectivity index (χ1) is 3.68. The molecule has 0 aromatic rings. The predicted octanol–water partition coefficient (Wildman–Crippen LogP) is 0.0551. The molecule has 0 saturated carbocycles. The van der Waals surface area contributed by atoms with Crippen molar-refractivity contribution in [2.45, 2.75) is 6.42 Å². The summed E-state index contributed by atoms with van der Waals surface area (Å²) in [6.45, 7) is 3.09. The van der Waals surface area contributed by atoms with E-state index in [1.54, 1.807) is 0 Å². The van der Waals surface area contributed by atoms with Crippen molar-refractivity contribution in [1.29, 1.82) is 0 Å². The molecule has 52 valence electrons. The van der Waals surface area contributed by atoms with E-state index in [-0.39, 0.29) is 6.42 Å². The van der Waals surface area contributed by atoms with Crippen LogP contribution in [0.2, 0.25) is 0 Å². The van der Waals surface area contributed by atoms with Gasteiger partial charge in [0.15, 0.2) is 0 Å². The molecular weight excluding hydrogens is 295 g/mol. The van der Waals surface area contributed by atoms with Gasteiger partial charge in [-0.05, 0) is 0 Å². The first-order valence-corrected chi connectivity index (χ1v) is 3.39. The Hall–Kier alpha value is -0.242. The van der Waals surface area contributed by atoms with E-state index in [4.69, 9.17) is 11.9 Å². The molecule has 0 aliphatic heterocycles. The van der Waals surface area contributed by atoms with Crippen LogP contribution in [-0.4, -0.2) is 11.1 Å². The van der Waals surface area contributed by atoms with Crippen molar-refractivity contribution >= 4 is 5.97 Å². The zero-order valence-corrected chi connectivity index (χ0v) is 6.17. The van der Waals surface area contributed by atoms with Gasteiger partial charge < -0.3 is 12.0 Å². The number of rotatable bonds is 1. The zero-order chi connectivity index (χ0) is 6.99. The molecule has 0 aromatic carbocycles. The summed E-state index contributed by atoms with van der Waals surface area (Å²) in [6, 6.07) is 0. The summed E-state index contributed by atoms with van der Waals surface area (Å²) in [4.78, 5) is 9.31. The molecule has 4 nitrogen and oxygen atoms in total. The monoisotopic (exact) mass is 300 g/mol. The number of carboxylic acid groups (broad SMARTS) is 1. The van der Waals surface area contributed by atoms with E-state index in [2.05, 4.69) is 6.92 Å². The van der Waals surface area contributed by atoms with Crippen LogP contribution in [0.5, 0.6) is 0 Å². The second-order valence-corrected chi connectivity index (χ2v) is 1.08. The summed E-state index contributed by atoms with van der Waals surface area (Å²) in [5.41, 5.74) is 0. The molecule has 0 spiro atoms. The van der Waals surface area contributed by atoms with Crippen LogP contribution < -0.4 is 0 Å². The van der Waals surface area contributed by atoms with Crippen molar-refractivity contribution in [1.82, 2.24) is 0 Å². The molecule has 0 fully saturated rings. The van der Waals surface area contributed by atoms with Crippen LogP contribution in [0, 0.1) is 6.92 Å². The van der Waals surface area contributed by atoms with Gasteiger partial charge in [0.1, 0.15) is 0 Å². The first kappa shape index (κ1) is 10.7. The molecule has 0 aliphatic rings. The molecule has 0 aromatic heterocycles. The second kappa shape index (κ2) is 9.90. The van der Waals surface area contributed by atoms with Crippen molar-refractivity contribution in [3.63, 3.8) is 0 Å². The fourth-order valence-electron chi connectivity index (χ4n) is 0. The van der Waals surface area contributed by atoms with Crippen LogP contribution in [0.1, 0.15) is 6.42 Å².